The van der Waals surface area contributed by atoms with Crippen LogP contribution in [0, 0.1) is 12.7 Å². The van der Waals surface area contributed by atoms with Crippen molar-refractivity contribution in [2.75, 3.05) is 26.2 Å². The van der Waals surface area contributed by atoms with Gasteiger partial charge in [0.15, 0.2) is 0 Å². The lowest BCUT2D eigenvalue weighted by atomic mass is 9.92. The number of aryl methyl sites for hydroxylation is 1. The lowest BCUT2D eigenvalue weighted by molar-refractivity contribution is 0.0629. The third-order valence-corrected chi connectivity index (χ3v) is 6.19. The molecule has 5 rings (SSSR count). The van der Waals surface area contributed by atoms with Gasteiger partial charge in [-0.3, -0.25) is 14.5 Å². The van der Waals surface area contributed by atoms with Crippen LogP contribution in [0.1, 0.15) is 50.8 Å². The molecule has 1 fully saturated rings. The van der Waals surface area contributed by atoms with Gasteiger partial charge in [0.2, 0.25) is 0 Å². The molecular formula is C23H22FN3O3. The maximum atomic E-state index is 13.4. The summed E-state index contributed by atoms with van der Waals surface area (Å²) in [5.41, 5.74) is 2.53. The van der Waals surface area contributed by atoms with Crippen molar-refractivity contribution in [2.24, 2.45) is 0 Å². The number of imide groups is 1. The van der Waals surface area contributed by atoms with E-state index in [4.69, 9.17) is 4.52 Å². The van der Waals surface area contributed by atoms with Crippen LogP contribution in [0.25, 0.3) is 10.9 Å². The predicted octanol–water partition coefficient (Wildman–Crippen LogP) is 3.75. The normalized spacial score (nSPS) is 17.9. The van der Waals surface area contributed by atoms with Gasteiger partial charge in [0.05, 0.1) is 11.1 Å². The van der Waals surface area contributed by atoms with Crippen molar-refractivity contribution in [1.29, 1.82) is 0 Å². The summed E-state index contributed by atoms with van der Waals surface area (Å²) in [4.78, 5) is 28.8. The molecule has 3 aromatic rings. The van der Waals surface area contributed by atoms with Crippen molar-refractivity contribution in [3.05, 3.63) is 64.7 Å². The molecule has 0 radical (unpaired) electrons. The molecule has 30 heavy (non-hydrogen) atoms. The Labute approximate surface area is 173 Å². The first kappa shape index (κ1) is 18.9. The molecule has 7 heteroatoms. The average Bonchev–Trinajstić information content (AvgIpc) is 3.26. The molecule has 2 aromatic carbocycles. The second-order valence-electron chi connectivity index (χ2n) is 8.14. The zero-order valence-electron chi connectivity index (χ0n) is 16.7. The SMILES string of the molecule is Cc1ccc2c(c1)C(=O)N(CCN1CCC(c3onc4cc(F)ccc34)CC1)C2=O. The number of amides is 2. The molecule has 154 valence electrons. The highest BCUT2D eigenvalue weighted by molar-refractivity contribution is 6.21. The summed E-state index contributed by atoms with van der Waals surface area (Å²) in [6.07, 6.45) is 1.78. The Bertz CT molecular complexity index is 1150. The molecule has 0 bridgehead atoms. The summed E-state index contributed by atoms with van der Waals surface area (Å²) in [5, 5.41) is 4.87. The number of carbonyl (C=O) groups excluding carboxylic acids is 2. The molecule has 0 saturated carbocycles. The minimum Gasteiger partial charge on any atom is -0.360 e. The van der Waals surface area contributed by atoms with E-state index < -0.39 is 0 Å². The second-order valence-corrected chi connectivity index (χ2v) is 8.14. The van der Waals surface area contributed by atoms with E-state index in [0.29, 0.717) is 29.7 Å². The Balaban J connectivity index is 1.20. The van der Waals surface area contributed by atoms with Crippen molar-refractivity contribution in [3.8, 4) is 0 Å². The number of aromatic nitrogens is 1. The highest BCUT2D eigenvalue weighted by Crippen LogP contribution is 2.33. The maximum absolute atomic E-state index is 13.4. The molecule has 1 aromatic heterocycles. The Kier molecular flexibility index (Phi) is 4.62. The lowest BCUT2D eigenvalue weighted by Gasteiger charge is -2.31. The number of nitrogens with zero attached hydrogens (tertiary/aromatic N) is 3. The first-order valence-corrected chi connectivity index (χ1v) is 10.3. The van der Waals surface area contributed by atoms with Crippen molar-refractivity contribution < 1.29 is 18.5 Å². The van der Waals surface area contributed by atoms with Gasteiger partial charge in [-0.25, -0.2) is 4.39 Å². The van der Waals surface area contributed by atoms with Gasteiger partial charge in [-0.05, 0) is 57.1 Å². The van der Waals surface area contributed by atoms with E-state index in [-0.39, 0.29) is 23.5 Å². The number of halogens is 1. The molecule has 0 atom stereocenters. The van der Waals surface area contributed by atoms with Crippen LogP contribution in [-0.4, -0.2) is 52.9 Å². The molecule has 2 aliphatic rings. The van der Waals surface area contributed by atoms with E-state index >= 15 is 0 Å². The van der Waals surface area contributed by atoms with E-state index in [0.717, 1.165) is 42.6 Å². The zero-order chi connectivity index (χ0) is 20.8. The smallest absolute Gasteiger partial charge is 0.261 e. The van der Waals surface area contributed by atoms with Crippen LogP contribution in [0.2, 0.25) is 0 Å². The number of likely N-dealkylation sites (tertiary alicyclic amines) is 1. The largest absolute Gasteiger partial charge is 0.360 e. The summed E-state index contributed by atoms with van der Waals surface area (Å²) in [7, 11) is 0. The van der Waals surface area contributed by atoms with Gasteiger partial charge in [-0.2, -0.15) is 0 Å². The van der Waals surface area contributed by atoms with Crippen LogP contribution < -0.4 is 0 Å². The monoisotopic (exact) mass is 407 g/mol. The van der Waals surface area contributed by atoms with Crippen LogP contribution >= 0.6 is 0 Å². The van der Waals surface area contributed by atoms with Crippen molar-refractivity contribution in [2.45, 2.75) is 25.7 Å². The quantitative estimate of drug-likeness (QED) is 0.616. The maximum Gasteiger partial charge on any atom is 0.261 e. The van der Waals surface area contributed by atoms with Gasteiger partial charge in [-0.1, -0.05) is 16.8 Å². The Morgan fingerprint density at radius 1 is 1.03 bits per heavy atom. The number of benzene rings is 2. The summed E-state index contributed by atoms with van der Waals surface area (Å²) in [6, 6.07) is 9.94. The van der Waals surface area contributed by atoms with E-state index in [1.807, 2.05) is 13.0 Å². The van der Waals surface area contributed by atoms with Crippen molar-refractivity contribution in [3.63, 3.8) is 0 Å². The van der Waals surface area contributed by atoms with Gasteiger partial charge >= 0.3 is 0 Å². The first-order chi connectivity index (χ1) is 14.5. The van der Waals surface area contributed by atoms with Crippen LogP contribution in [0.3, 0.4) is 0 Å². The van der Waals surface area contributed by atoms with E-state index in [9.17, 15) is 14.0 Å². The fourth-order valence-corrected chi connectivity index (χ4v) is 4.50. The van der Waals surface area contributed by atoms with E-state index in [1.165, 1.54) is 17.0 Å². The highest BCUT2D eigenvalue weighted by atomic mass is 19.1. The molecule has 0 N–H and O–H groups in total. The topological polar surface area (TPSA) is 66.7 Å². The number of hydrogen-bond acceptors (Lipinski definition) is 5. The summed E-state index contributed by atoms with van der Waals surface area (Å²) >= 11 is 0. The van der Waals surface area contributed by atoms with Gasteiger partial charge in [-0.15, -0.1) is 0 Å². The van der Waals surface area contributed by atoms with Gasteiger partial charge in [0.1, 0.15) is 17.1 Å². The third kappa shape index (κ3) is 3.19. The fraction of sp³-hybridized carbons (Fsp3) is 0.348. The Morgan fingerprint density at radius 2 is 1.80 bits per heavy atom. The van der Waals surface area contributed by atoms with E-state index in [1.54, 1.807) is 18.2 Å². The van der Waals surface area contributed by atoms with Crippen LogP contribution in [-0.2, 0) is 0 Å². The number of rotatable bonds is 4. The molecule has 1 saturated heterocycles. The van der Waals surface area contributed by atoms with Crippen LogP contribution in [0.4, 0.5) is 4.39 Å². The molecule has 3 heterocycles. The molecule has 0 spiro atoms. The summed E-state index contributed by atoms with van der Waals surface area (Å²) < 4.78 is 18.9. The molecule has 2 amide bonds. The van der Waals surface area contributed by atoms with Crippen LogP contribution in [0.5, 0.6) is 0 Å². The number of carbonyl (C=O) groups is 2. The molecular weight excluding hydrogens is 385 g/mol. The van der Waals surface area contributed by atoms with Crippen LogP contribution in [0.15, 0.2) is 40.9 Å². The summed E-state index contributed by atoms with van der Waals surface area (Å²) in [6.45, 7) is 4.64. The fourth-order valence-electron chi connectivity index (χ4n) is 4.50. The zero-order valence-corrected chi connectivity index (χ0v) is 16.7. The van der Waals surface area contributed by atoms with Crippen molar-refractivity contribution in [1.82, 2.24) is 15.0 Å². The van der Waals surface area contributed by atoms with Gasteiger partial charge < -0.3 is 9.42 Å². The Hall–Kier alpha value is -3.06. The van der Waals surface area contributed by atoms with Gasteiger partial charge in [0.25, 0.3) is 11.8 Å². The molecule has 0 unspecified atom stereocenters. The Morgan fingerprint density at radius 3 is 2.60 bits per heavy atom. The average molecular weight is 407 g/mol. The first-order valence-electron chi connectivity index (χ1n) is 10.3. The second kappa shape index (κ2) is 7.32. The minimum atomic E-state index is -0.319. The number of hydrogen-bond donors (Lipinski definition) is 0. The molecule has 2 aliphatic heterocycles. The third-order valence-electron chi connectivity index (χ3n) is 6.19. The lowest BCUT2D eigenvalue weighted by Crippen LogP contribution is -2.41. The van der Waals surface area contributed by atoms with Gasteiger partial charge in [0, 0.05) is 30.5 Å². The standard InChI is InChI=1S/C23H22FN3O3/c1-14-2-4-17-19(12-14)23(29)27(22(17)28)11-10-26-8-6-15(7-9-26)21-18-5-3-16(24)13-20(18)25-30-21/h2-5,12-13,15H,6-11H2,1H3. The predicted molar refractivity (Wildman–Crippen MR) is 109 cm³/mol. The molecule has 0 aliphatic carbocycles. The summed E-state index contributed by atoms with van der Waals surface area (Å²) in [5.74, 6) is 0.332. The minimum absolute atomic E-state index is 0.200. The van der Waals surface area contributed by atoms with E-state index in [2.05, 4.69) is 10.1 Å². The molecule has 6 nitrogen and oxygen atoms in total. The van der Waals surface area contributed by atoms with Crippen molar-refractivity contribution >= 4 is 22.7 Å². The number of piperidine rings is 1. The number of fused-ring (bicyclic) bond motifs is 2. The highest BCUT2D eigenvalue weighted by Gasteiger charge is 2.35.